The van der Waals surface area contributed by atoms with Crippen LogP contribution in [0.5, 0.6) is 5.88 Å². The molecule has 0 fully saturated rings. The maximum atomic E-state index is 12.8. The van der Waals surface area contributed by atoms with Crippen LogP contribution < -0.4 is 9.64 Å². The van der Waals surface area contributed by atoms with Gasteiger partial charge in [-0.2, -0.15) is 0 Å². The van der Waals surface area contributed by atoms with Crippen molar-refractivity contribution >= 4 is 23.2 Å². The van der Waals surface area contributed by atoms with Crippen LogP contribution in [0.1, 0.15) is 36.1 Å². The minimum Gasteiger partial charge on any atom is -0.474 e. The van der Waals surface area contributed by atoms with Crippen molar-refractivity contribution in [3.63, 3.8) is 0 Å². The molecule has 1 amide bonds. The molecular weight excluding hydrogens is 304 g/mol. The van der Waals surface area contributed by atoms with Crippen molar-refractivity contribution in [2.75, 3.05) is 18.1 Å². The van der Waals surface area contributed by atoms with Gasteiger partial charge in [0.25, 0.3) is 5.91 Å². The number of carbonyl (C=O) groups is 1. The van der Waals surface area contributed by atoms with Crippen LogP contribution in [0.2, 0.25) is 5.02 Å². The zero-order valence-electron chi connectivity index (χ0n) is 12.3. The Morgan fingerprint density at radius 2 is 2.23 bits per heavy atom. The molecule has 6 nitrogen and oxygen atoms in total. The molecule has 2 aromatic heterocycles. The molecule has 3 rings (SSSR count). The number of halogens is 1. The Bertz CT molecular complexity index is 720. The normalized spacial score (nSPS) is 13.7. The molecule has 0 spiro atoms. The van der Waals surface area contributed by atoms with E-state index in [9.17, 15) is 4.79 Å². The van der Waals surface area contributed by atoms with Gasteiger partial charge in [0, 0.05) is 12.1 Å². The summed E-state index contributed by atoms with van der Waals surface area (Å²) in [5.74, 6) is 0.873. The number of nitrogens with zero attached hydrogens (tertiary/aromatic N) is 4. The Labute approximate surface area is 133 Å². The van der Waals surface area contributed by atoms with Crippen LogP contribution in [0.15, 0.2) is 24.5 Å². The largest absolute Gasteiger partial charge is 0.474 e. The molecule has 0 atom stereocenters. The van der Waals surface area contributed by atoms with Crippen molar-refractivity contribution in [1.29, 1.82) is 0 Å². The molecule has 3 heterocycles. The van der Waals surface area contributed by atoms with Crippen LogP contribution in [0, 0.1) is 0 Å². The molecule has 1 aliphatic heterocycles. The van der Waals surface area contributed by atoms with Crippen LogP contribution in [0.3, 0.4) is 0 Å². The van der Waals surface area contributed by atoms with E-state index in [1.165, 1.54) is 6.20 Å². The number of hydrogen-bond donors (Lipinski definition) is 0. The lowest BCUT2D eigenvalue weighted by Crippen LogP contribution is -2.39. The highest BCUT2D eigenvalue weighted by Gasteiger charge is 2.28. The summed E-state index contributed by atoms with van der Waals surface area (Å²) < 4.78 is 5.46. The molecule has 7 heteroatoms. The third-order valence-corrected chi connectivity index (χ3v) is 3.60. The van der Waals surface area contributed by atoms with Crippen LogP contribution in [0.25, 0.3) is 0 Å². The highest BCUT2D eigenvalue weighted by Crippen LogP contribution is 2.30. The second-order valence-electron chi connectivity index (χ2n) is 5.21. The summed E-state index contributed by atoms with van der Waals surface area (Å²) >= 11 is 6.12. The van der Waals surface area contributed by atoms with Crippen LogP contribution in [-0.2, 0) is 0 Å². The van der Waals surface area contributed by atoms with Gasteiger partial charge in [-0.05, 0) is 12.1 Å². The van der Waals surface area contributed by atoms with Gasteiger partial charge in [0.15, 0.2) is 5.69 Å². The smallest absolute Gasteiger partial charge is 0.278 e. The van der Waals surface area contributed by atoms with E-state index in [1.807, 2.05) is 13.8 Å². The summed E-state index contributed by atoms with van der Waals surface area (Å²) in [4.78, 5) is 27.0. The van der Waals surface area contributed by atoms with E-state index in [4.69, 9.17) is 16.3 Å². The van der Waals surface area contributed by atoms with Gasteiger partial charge in [-0.15, -0.1) is 0 Å². The quantitative estimate of drug-likeness (QED) is 0.851. The van der Waals surface area contributed by atoms with Crippen molar-refractivity contribution < 1.29 is 9.53 Å². The number of rotatable bonds is 2. The highest BCUT2D eigenvalue weighted by atomic mass is 35.5. The lowest BCUT2D eigenvalue weighted by atomic mass is 10.2. The fraction of sp³-hybridized carbons (Fsp3) is 0.333. The third-order valence-electron chi connectivity index (χ3n) is 3.32. The predicted octanol–water partition coefficient (Wildman–Crippen LogP) is 2.69. The number of hydrogen-bond acceptors (Lipinski definition) is 5. The summed E-state index contributed by atoms with van der Waals surface area (Å²) in [5, 5.41) is 0.242. The van der Waals surface area contributed by atoms with Gasteiger partial charge in [0.05, 0.1) is 17.8 Å². The Kier molecular flexibility index (Phi) is 3.94. The summed E-state index contributed by atoms with van der Waals surface area (Å²) in [6, 6.07) is 3.55. The maximum Gasteiger partial charge on any atom is 0.278 e. The number of amides is 1. The van der Waals surface area contributed by atoms with Gasteiger partial charge < -0.3 is 4.74 Å². The number of carbonyl (C=O) groups excluding carboxylic acids is 1. The van der Waals surface area contributed by atoms with E-state index in [0.717, 1.165) is 0 Å². The molecule has 2 aromatic rings. The summed E-state index contributed by atoms with van der Waals surface area (Å²) in [6.07, 6.45) is 3.10. The Balaban J connectivity index is 2.00. The number of anilines is 1. The first-order chi connectivity index (χ1) is 10.6. The van der Waals surface area contributed by atoms with Gasteiger partial charge in [-0.25, -0.2) is 15.0 Å². The molecular formula is C15H15ClN4O2. The maximum absolute atomic E-state index is 12.8. The molecule has 0 bridgehead atoms. The van der Waals surface area contributed by atoms with Crippen molar-refractivity contribution in [3.8, 4) is 5.88 Å². The molecule has 0 saturated heterocycles. The fourth-order valence-electron chi connectivity index (χ4n) is 2.20. The van der Waals surface area contributed by atoms with Crippen molar-refractivity contribution in [1.82, 2.24) is 15.0 Å². The van der Waals surface area contributed by atoms with Crippen molar-refractivity contribution in [2.45, 2.75) is 19.8 Å². The number of fused-ring (bicyclic) bond motifs is 1. The third kappa shape index (κ3) is 2.62. The number of pyridine rings is 1. The first kappa shape index (κ1) is 14.7. The monoisotopic (exact) mass is 318 g/mol. The molecule has 114 valence electrons. The molecule has 0 aliphatic carbocycles. The molecule has 1 aliphatic rings. The molecule has 22 heavy (non-hydrogen) atoms. The first-order valence-electron chi connectivity index (χ1n) is 7.00. The Hall–Kier alpha value is -2.21. The van der Waals surface area contributed by atoms with Gasteiger partial charge >= 0.3 is 0 Å². The summed E-state index contributed by atoms with van der Waals surface area (Å²) in [6.45, 7) is 4.74. The highest BCUT2D eigenvalue weighted by molar-refractivity contribution is 6.34. The van der Waals surface area contributed by atoms with Crippen LogP contribution in [0.4, 0.5) is 5.69 Å². The zero-order chi connectivity index (χ0) is 15.7. The number of aromatic nitrogens is 3. The van der Waals surface area contributed by atoms with Crippen molar-refractivity contribution in [2.24, 2.45) is 0 Å². The minimum absolute atomic E-state index is 0.113. The lowest BCUT2D eigenvalue weighted by molar-refractivity contribution is 0.0970. The lowest BCUT2D eigenvalue weighted by Gasteiger charge is -2.28. The molecule has 0 unspecified atom stereocenters. The average Bonchev–Trinajstić information content (AvgIpc) is 2.54. The van der Waals surface area contributed by atoms with Crippen molar-refractivity contribution in [3.05, 3.63) is 41.1 Å². The van der Waals surface area contributed by atoms with E-state index in [0.29, 0.717) is 30.5 Å². The second kappa shape index (κ2) is 5.88. The SMILES string of the molecule is CC(C)c1ncc(Cl)c(C(=O)N2CCOc3ncccc32)n1. The van der Waals surface area contributed by atoms with E-state index >= 15 is 0 Å². The molecule has 0 N–H and O–H groups in total. The molecule has 0 saturated carbocycles. The fourth-order valence-corrected chi connectivity index (χ4v) is 2.37. The van der Waals surface area contributed by atoms with Crippen LogP contribution in [-0.4, -0.2) is 34.0 Å². The van der Waals surface area contributed by atoms with E-state index in [1.54, 1.807) is 23.2 Å². The van der Waals surface area contributed by atoms with Crippen LogP contribution >= 0.6 is 11.6 Å². The zero-order valence-corrected chi connectivity index (χ0v) is 13.0. The van der Waals surface area contributed by atoms with E-state index in [-0.39, 0.29) is 22.5 Å². The topological polar surface area (TPSA) is 68.2 Å². The summed E-state index contributed by atoms with van der Waals surface area (Å²) in [7, 11) is 0. The molecule has 0 aromatic carbocycles. The van der Waals surface area contributed by atoms with Gasteiger partial charge in [-0.1, -0.05) is 25.4 Å². The number of ether oxygens (including phenoxy) is 1. The van der Waals surface area contributed by atoms with E-state index < -0.39 is 0 Å². The standard InChI is InChI=1S/C15H15ClN4O2/c1-9(2)13-18-8-10(16)12(19-13)15(21)20-6-7-22-14-11(20)4-3-5-17-14/h3-5,8-9H,6-7H2,1-2H3. The molecule has 0 radical (unpaired) electrons. The second-order valence-corrected chi connectivity index (χ2v) is 5.62. The van der Waals surface area contributed by atoms with Gasteiger partial charge in [-0.3, -0.25) is 9.69 Å². The van der Waals surface area contributed by atoms with Gasteiger partial charge in [0.1, 0.15) is 18.1 Å². The first-order valence-corrected chi connectivity index (χ1v) is 7.38. The Morgan fingerprint density at radius 3 is 3.00 bits per heavy atom. The Morgan fingerprint density at radius 1 is 1.41 bits per heavy atom. The average molecular weight is 319 g/mol. The summed E-state index contributed by atoms with van der Waals surface area (Å²) in [5.41, 5.74) is 0.830. The van der Waals surface area contributed by atoms with E-state index in [2.05, 4.69) is 15.0 Å². The minimum atomic E-state index is -0.271. The van der Waals surface area contributed by atoms with Gasteiger partial charge in [0.2, 0.25) is 5.88 Å². The predicted molar refractivity (Wildman–Crippen MR) is 82.5 cm³/mol.